The molecule has 4 nitrogen and oxygen atoms in total. The lowest BCUT2D eigenvalue weighted by molar-refractivity contribution is -0.121. The van der Waals surface area contributed by atoms with Crippen LogP contribution in [0.5, 0.6) is 0 Å². The maximum Gasteiger partial charge on any atom is 0.226 e. The first-order valence-electron chi connectivity index (χ1n) is 8.13. The number of benzene rings is 1. The molecule has 1 amide bonds. The van der Waals surface area contributed by atoms with Crippen molar-refractivity contribution in [3.8, 4) is 10.6 Å². The van der Waals surface area contributed by atoms with Gasteiger partial charge in [0.25, 0.3) is 0 Å². The van der Waals surface area contributed by atoms with E-state index in [0.717, 1.165) is 35.8 Å². The summed E-state index contributed by atoms with van der Waals surface area (Å²) in [5.74, 6) is 0.588. The van der Waals surface area contributed by atoms with Gasteiger partial charge in [0.15, 0.2) is 0 Å². The molecule has 25 heavy (non-hydrogen) atoms. The van der Waals surface area contributed by atoms with Gasteiger partial charge in [-0.15, -0.1) is 36.2 Å². The summed E-state index contributed by atoms with van der Waals surface area (Å²) < 4.78 is 0. The van der Waals surface area contributed by atoms with Crippen LogP contribution in [0.3, 0.4) is 0 Å². The normalized spacial score (nSPS) is 19.4. The number of thiazole rings is 1. The highest BCUT2D eigenvalue weighted by Crippen LogP contribution is 2.24. The Morgan fingerprint density at radius 2 is 2.20 bits per heavy atom. The highest BCUT2D eigenvalue weighted by atomic mass is 35.5. The van der Waals surface area contributed by atoms with Gasteiger partial charge in [-0.05, 0) is 31.9 Å². The summed E-state index contributed by atoms with van der Waals surface area (Å²) in [5, 5.41) is 9.44. The van der Waals surface area contributed by atoms with E-state index in [9.17, 15) is 4.79 Å². The third-order valence-electron chi connectivity index (χ3n) is 4.33. The van der Waals surface area contributed by atoms with Crippen LogP contribution >= 0.6 is 36.2 Å². The second-order valence-corrected chi connectivity index (χ2v) is 7.19. The number of nitrogens with zero attached hydrogens (tertiary/aromatic N) is 1. The van der Waals surface area contributed by atoms with Gasteiger partial charge in [-0.3, -0.25) is 4.79 Å². The van der Waals surface area contributed by atoms with E-state index in [-0.39, 0.29) is 36.8 Å². The Bertz CT molecular complexity index is 692. The third kappa shape index (κ3) is 5.96. The van der Waals surface area contributed by atoms with Gasteiger partial charge in [0.2, 0.25) is 5.91 Å². The minimum Gasteiger partial charge on any atom is -0.351 e. The number of hydrogen-bond donors (Lipinski definition) is 2. The largest absolute Gasteiger partial charge is 0.351 e. The van der Waals surface area contributed by atoms with Gasteiger partial charge in [-0.2, -0.15) is 0 Å². The van der Waals surface area contributed by atoms with Crippen molar-refractivity contribution in [2.45, 2.75) is 32.7 Å². The standard InChI is InChI=1S/C18H23N3OS.2ClH/c1-12-4-3-5-14(8-12)18-20-15(11-23-18)9-17(22)21-16-10-19-7-6-13(16)2;;/h3-5,8,11,13,16,19H,6-7,9-10H2,1-2H3,(H,21,22);2*1H. The first-order valence-corrected chi connectivity index (χ1v) is 9.01. The molecule has 2 N–H and O–H groups in total. The maximum atomic E-state index is 12.3. The molecule has 0 radical (unpaired) electrons. The first kappa shape index (κ1) is 21.9. The van der Waals surface area contributed by atoms with Crippen LogP contribution in [-0.4, -0.2) is 30.0 Å². The van der Waals surface area contributed by atoms with Crippen molar-refractivity contribution in [2.75, 3.05) is 13.1 Å². The molecule has 1 fully saturated rings. The predicted octanol–water partition coefficient (Wildman–Crippen LogP) is 3.62. The summed E-state index contributed by atoms with van der Waals surface area (Å²) in [6, 6.07) is 8.52. The van der Waals surface area contributed by atoms with Gasteiger partial charge in [-0.25, -0.2) is 4.98 Å². The van der Waals surface area contributed by atoms with Crippen LogP contribution in [0.4, 0.5) is 0 Å². The number of hydrogen-bond acceptors (Lipinski definition) is 4. The van der Waals surface area contributed by atoms with E-state index in [1.807, 2.05) is 11.4 Å². The fourth-order valence-corrected chi connectivity index (χ4v) is 3.72. The Morgan fingerprint density at radius 3 is 2.92 bits per heavy atom. The predicted molar refractivity (Wildman–Crippen MR) is 109 cm³/mol. The van der Waals surface area contributed by atoms with Crippen LogP contribution < -0.4 is 10.6 Å². The number of rotatable bonds is 4. The molecule has 1 aliphatic heterocycles. The van der Waals surface area contributed by atoms with Crippen molar-refractivity contribution in [1.82, 2.24) is 15.6 Å². The second kappa shape index (κ2) is 10.1. The fraction of sp³-hybridized carbons (Fsp3) is 0.444. The molecule has 1 saturated heterocycles. The van der Waals surface area contributed by atoms with Crippen molar-refractivity contribution in [1.29, 1.82) is 0 Å². The molecule has 1 aromatic carbocycles. The summed E-state index contributed by atoms with van der Waals surface area (Å²) in [6.07, 6.45) is 1.46. The van der Waals surface area contributed by atoms with Crippen molar-refractivity contribution in [3.63, 3.8) is 0 Å². The van der Waals surface area contributed by atoms with E-state index in [1.54, 1.807) is 11.3 Å². The van der Waals surface area contributed by atoms with Crippen LogP contribution in [0.15, 0.2) is 29.6 Å². The number of carbonyl (C=O) groups is 1. The quantitative estimate of drug-likeness (QED) is 0.822. The molecule has 0 aliphatic carbocycles. The maximum absolute atomic E-state index is 12.3. The zero-order valence-corrected chi connectivity index (χ0v) is 16.9. The zero-order chi connectivity index (χ0) is 16.2. The molecule has 2 atom stereocenters. The molecule has 1 aliphatic rings. The van der Waals surface area contributed by atoms with Gasteiger partial charge in [-0.1, -0.05) is 30.7 Å². The van der Waals surface area contributed by atoms with E-state index in [1.165, 1.54) is 5.56 Å². The topological polar surface area (TPSA) is 54.0 Å². The SMILES string of the molecule is Cc1cccc(-c2nc(CC(=O)NC3CNCCC3C)cs2)c1.Cl.Cl. The number of aromatic nitrogens is 1. The summed E-state index contributed by atoms with van der Waals surface area (Å²) in [5.41, 5.74) is 3.18. The van der Waals surface area contributed by atoms with Crippen LogP contribution in [0.2, 0.25) is 0 Å². The molecule has 0 bridgehead atoms. The first-order chi connectivity index (χ1) is 11.1. The van der Waals surface area contributed by atoms with Gasteiger partial charge in [0, 0.05) is 23.5 Å². The Labute approximate surface area is 165 Å². The molecule has 0 spiro atoms. The molecule has 7 heteroatoms. The van der Waals surface area contributed by atoms with E-state index in [2.05, 4.69) is 47.7 Å². The van der Waals surface area contributed by atoms with Crippen LogP contribution in [-0.2, 0) is 11.2 Å². The van der Waals surface area contributed by atoms with Crippen molar-refractivity contribution in [3.05, 3.63) is 40.9 Å². The van der Waals surface area contributed by atoms with E-state index >= 15 is 0 Å². The number of piperidine rings is 1. The molecule has 2 heterocycles. The Morgan fingerprint density at radius 1 is 1.40 bits per heavy atom. The number of carbonyl (C=O) groups excluding carboxylic acids is 1. The summed E-state index contributed by atoms with van der Waals surface area (Å²) in [6.45, 7) is 6.17. The van der Waals surface area contributed by atoms with Crippen LogP contribution in [0, 0.1) is 12.8 Å². The average Bonchev–Trinajstić information content (AvgIpc) is 2.98. The summed E-state index contributed by atoms with van der Waals surface area (Å²) >= 11 is 1.60. The van der Waals surface area contributed by atoms with Gasteiger partial charge in [0.05, 0.1) is 12.1 Å². The summed E-state index contributed by atoms with van der Waals surface area (Å²) in [4.78, 5) is 16.9. The molecule has 2 unspecified atom stereocenters. The molecule has 2 aromatic rings. The number of nitrogens with one attached hydrogen (secondary N) is 2. The molecule has 3 rings (SSSR count). The summed E-state index contributed by atoms with van der Waals surface area (Å²) in [7, 11) is 0. The smallest absolute Gasteiger partial charge is 0.226 e. The van der Waals surface area contributed by atoms with Crippen LogP contribution in [0.25, 0.3) is 10.6 Å². The second-order valence-electron chi connectivity index (χ2n) is 6.33. The van der Waals surface area contributed by atoms with Gasteiger partial charge < -0.3 is 10.6 Å². The van der Waals surface area contributed by atoms with E-state index < -0.39 is 0 Å². The van der Waals surface area contributed by atoms with E-state index in [0.29, 0.717) is 12.3 Å². The van der Waals surface area contributed by atoms with Crippen LogP contribution in [0.1, 0.15) is 24.6 Å². The Kier molecular flexibility index (Phi) is 8.86. The third-order valence-corrected chi connectivity index (χ3v) is 5.27. The number of halogens is 2. The average molecular weight is 402 g/mol. The minimum atomic E-state index is 0. The van der Waals surface area contributed by atoms with Gasteiger partial charge >= 0.3 is 0 Å². The zero-order valence-electron chi connectivity index (χ0n) is 14.5. The highest BCUT2D eigenvalue weighted by Gasteiger charge is 2.22. The lowest BCUT2D eigenvalue weighted by atomic mass is 9.95. The monoisotopic (exact) mass is 401 g/mol. The van der Waals surface area contributed by atoms with Crippen molar-refractivity contribution >= 4 is 42.1 Å². The lowest BCUT2D eigenvalue weighted by Gasteiger charge is -2.30. The molecular weight excluding hydrogens is 377 g/mol. The molecule has 0 saturated carbocycles. The number of amides is 1. The Balaban J connectivity index is 0.00000156. The molecular formula is C18H25Cl2N3OS. The van der Waals surface area contributed by atoms with Crippen molar-refractivity contribution < 1.29 is 4.79 Å². The number of aryl methyl sites for hydroxylation is 1. The Hall–Kier alpha value is -1.14. The minimum absolute atomic E-state index is 0. The highest BCUT2D eigenvalue weighted by molar-refractivity contribution is 7.13. The van der Waals surface area contributed by atoms with Gasteiger partial charge in [0.1, 0.15) is 5.01 Å². The van der Waals surface area contributed by atoms with Crippen molar-refractivity contribution in [2.24, 2.45) is 5.92 Å². The van der Waals surface area contributed by atoms with E-state index in [4.69, 9.17) is 0 Å². The fourth-order valence-electron chi connectivity index (χ4n) is 2.90. The molecule has 138 valence electrons. The molecule has 1 aromatic heterocycles. The lowest BCUT2D eigenvalue weighted by Crippen LogP contribution is -2.50.